The fourth-order valence-corrected chi connectivity index (χ4v) is 4.15. The summed E-state index contributed by atoms with van der Waals surface area (Å²) in [6, 6.07) is 17.4. The van der Waals surface area contributed by atoms with Crippen molar-refractivity contribution in [1.82, 2.24) is 5.27 Å². The van der Waals surface area contributed by atoms with Crippen LogP contribution in [-0.4, -0.2) is 28.0 Å². The molecule has 0 spiro atoms. The van der Waals surface area contributed by atoms with E-state index in [4.69, 9.17) is 4.52 Å². The number of aromatic nitrogens is 2. The molecule has 0 saturated heterocycles. The molecule has 0 atom stereocenters. The lowest BCUT2D eigenvalue weighted by molar-refractivity contribution is -0.779. The van der Waals surface area contributed by atoms with Crippen molar-refractivity contribution in [2.45, 2.75) is 39.7 Å². The summed E-state index contributed by atoms with van der Waals surface area (Å²) in [6.07, 6.45) is 3.34. The number of carbonyl (C=O) groups is 1. The van der Waals surface area contributed by atoms with Gasteiger partial charge >= 0.3 is 5.88 Å². The van der Waals surface area contributed by atoms with Gasteiger partial charge in [-0.2, -0.15) is 0 Å². The number of carbonyl (C=O) groups excluding carboxylic acids is 1. The Bertz CT molecular complexity index is 1280. The lowest BCUT2D eigenvalue weighted by atomic mass is 10.0. The molecule has 4 rings (SSSR count). The number of thioether (sulfide) groups is 1. The predicted octanol–water partition coefficient (Wildman–Crippen LogP) is 4.23. The van der Waals surface area contributed by atoms with Crippen molar-refractivity contribution in [2.75, 3.05) is 10.7 Å². The topological polar surface area (TPSA) is 98.0 Å². The highest BCUT2D eigenvalue weighted by Gasteiger charge is 2.31. The highest BCUT2D eigenvalue weighted by atomic mass is 32.2. The maximum atomic E-state index is 13.3. The van der Waals surface area contributed by atoms with Gasteiger partial charge in [0, 0.05) is 5.75 Å². The number of anilines is 1. The molecule has 9 heteroatoms. The Labute approximate surface area is 208 Å². The van der Waals surface area contributed by atoms with E-state index >= 15 is 0 Å². The summed E-state index contributed by atoms with van der Waals surface area (Å²) >= 11 is 1.15. The first-order valence-electron chi connectivity index (χ1n) is 11.4. The van der Waals surface area contributed by atoms with E-state index in [-0.39, 0.29) is 23.6 Å². The average molecular weight is 490 g/mol. The first kappa shape index (κ1) is 24.4. The summed E-state index contributed by atoms with van der Waals surface area (Å²) in [5.74, 6) is -0.0983. The van der Waals surface area contributed by atoms with Crippen LogP contribution in [0, 0.1) is 0 Å². The number of hydrogen-bond donors (Lipinski definition) is 0. The summed E-state index contributed by atoms with van der Waals surface area (Å²) in [5, 5.41) is 16.7. The molecule has 0 radical (unpaired) electrons. The Balaban J connectivity index is 1.57. The van der Waals surface area contributed by atoms with Crippen LogP contribution in [0.25, 0.3) is 6.08 Å². The van der Waals surface area contributed by atoms with E-state index in [0.29, 0.717) is 22.5 Å². The van der Waals surface area contributed by atoms with Crippen molar-refractivity contribution in [3.05, 3.63) is 77.6 Å². The van der Waals surface area contributed by atoms with Crippen LogP contribution in [0.1, 0.15) is 50.8 Å². The first-order valence-corrected chi connectivity index (χ1v) is 12.4. The van der Waals surface area contributed by atoms with Crippen LogP contribution in [0.4, 0.5) is 11.6 Å². The maximum absolute atomic E-state index is 13.3. The van der Waals surface area contributed by atoms with Crippen LogP contribution in [0.2, 0.25) is 0 Å². The van der Waals surface area contributed by atoms with E-state index in [9.17, 15) is 9.90 Å². The number of para-hydroxylation sites is 1. The van der Waals surface area contributed by atoms with E-state index in [2.05, 4.69) is 41.2 Å². The summed E-state index contributed by atoms with van der Waals surface area (Å²) in [4.78, 5) is 23.4. The van der Waals surface area contributed by atoms with E-state index in [0.717, 1.165) is 17.3 Å². The Morgan fingerprint density at radius 2 is 1.86 bits per heavy atom. The molecule has 2 aromatic carbocycles. The van der Waals surface area contributed by atoms with Crippen LogP contribution < -0.4 is 14.7 Å². The van der Waals surface area contributed by atoms with Gasteiger partial charge in [0.1, 0.15) is 5.70 Å². The molecule has 1 amide bonds. The van der Waals surface area contributed by atoms with E-state index < -0.39 is 5.90 Å². The van der Waals surface area contributed by atoms with Crippen molar-refractivity contribution >= 4 is 46.4 Å². The lowest BCUT2D eigenvalue weighted by Crippen LogP contribution is -2.36. The number of rotatable bonds is 7. The fraction of sp³-hybridized carbons (Fsp3) is 0.269. The smallest absolute Gasteiger partial charge is 0.320 e. The van der Waals surface area contributed by atoms with Crippen LogP contribution >= 0.6 is 11.8 Å². The van der Waals surface area contributed by atoms with E-state index in [1.165, 1.54) is 10.5 Å². The first-order chi connectivity index (χ1) is 16.8. The Hall–Kier alpha value is -3.72. The fourth-order valence-electron chi connectivity index (χ4n) is 3.36. The summed E-state index contributed by atoms with van der Waals surface area (Å²) < 4.78 is 6.68. The molecular formula is C26H27N5O3S. The zero-order valence-corrected chi connectivity index (χ0v) is 20.9. The summed E-state index contributed by atoms with van der Waals surface area (Å²) in [5.41, 5.74) is 3.10. The molecule has 0 saturated carbocycles. The molecule has 0 aliphatic carbocycles. The molecule has 35 heavy (non-hydrogen) atoms. The second-order valence-corrected chi connectivity index (χ2v) is 9.57. The quantitative estimate of drug-likeness (QED) is 0.214. The van der Waals surface area contributed by atoms with Gasteiger partial charge in [-0.25, -0.2) is 9.98 Å². The Kier molecular flexibility index (Phi) is 7.45. The second kappa shape index (κ2) is 10.7. The Morgan fingerprint density at radius 1 is 1.14 bits per heavy atom. The molecule has 0 unspecified atom stereocenters. The zero-order chi connectivity index (χ0) is 24.9. The average Bonchev–Trinajstić information content (AvgIpc) is 3.43. The number of amidine groups is 1. The third-order valence-electron chi connectivity index (χ3n) is 5.31. The van der Waals surface area contributed by atoms with Gasteiger partial charge in [0.2, 0.25) is 5.27 Å². The third kappa shape index (κ3) is 5.86. The second-order valence-electron chi connectivity index (χ2n) is 8.63. The molecule has 8 nitrogen and oxygen atoms in total. The molecule has 0 N–H and O–H groups in total. The minimum atomic E-state index is -0.410. The van der Waals surface area contributed by atoms with Gasteiger partial charge in [0.15, 0.2) is 11.2 Å². The van der Waals surface area contributed by atoms with Crippen LogP contribution in [0.3, 0.4) is 0 Å². The van der Waals surface area contributed by atoms with Crippen LogP contribution in [0.15, 0.2) is 81.0 Å². The number of aliphatic imine (C=N–C) groups is 2. The molecule has 3 aromatic rings. The summed E-state index contributed by atoms with van der Waals surface area (Å²) in [6.45, 7) is 8.16. The van der Waals surface area contributed by atoms with Gasteiger partial charge < -0.3 is 5.11 Å². The van der Waals surface area contributed by atoms with Gasteiger partial charge in [-0.3, -0.25) is 14.2 Å². The molecule has 1 aliphatic rings. The molecule has 0 bridgehead atoms. The molecule has 0 fully saturated rings. The zero-order valence-electron chi connectivity index (χ0n) is 20.1. The number of amides is 1. The molecule has 1 aliphatic heterocycles. The standard InChI is InChI=1S/C26H27N5O3S/c1-17(2)20-12-10-19(11-13-20)14-22-25(33)31(21-8-6-5-7-9-21)26(27-22)35-16-23(32)28-24-15-30(18(3)4)29-34-24/h5-15,17-18H,16H2,1-4H3/b22-14+. The van der Waals surface area contributed by atoms with Crippen molar-refractivity contribution in [1.29, 1.82) is 0 Å². The van der Waals surface area contributed by atoms with Crippen molar-refractivity contribution in [3.8, 4) is 0 Å². The minimum Gasteiger partial charge on any atom is -0.861 e. The van der Waals surface area contributed by atoms with Crippen LogP contribution in [0.5, 0.6) is 0 Å². The van der Waals surface area contributed by atoms with Crippen molar-refractivity contribution in [3.63, 3.8) is 0 Å². The van der Waals surface area contributed by atoms with Crippen LogP contribution in [-0.2, 0) is 4.79 Å². The highest BCUT2D eigenvalue weighted by molar-refractivity contribution is 8.14. The number of nitrogens with zero attached hydrogens (tertiary/aromatic N) is 5. The molecule has 1 aromatic heterocycles. The van der Waals surface area contributed by atoms with Crippen molar-refractivity contribution in [2.24, 2.45) is 9.98 Å². The molecule has 180 valence electrons. The van der Waals surface area contributed by atoms with Gasteiger partial charge in [0.05, 0.1) is 5.69 Å². The normalized spacial score (nSPS) is 15.5. The van der Waals surface area contributed by atoms with Crippen molar-refractivity contribution < 1.29 is 19.1 Å². The third-order valence-corrected chi connectivity index (χ3v) is 6.23. The van der Waals surface area contributed by atoms with E-state index in [1.807, 2.05) is 56.3 Å². The largest absolute Gasteiger partial charge is 0.861 e. The van der Waals surface area contributed by atoms with Gasteiger partial charge in [-0.15, -0.1) is 0 Å². The SMILES string of the molecule is CC(C)c1ccc(/C=C2/N=C(SC/C([O-])=N\c3c[n+](C(C)C)no3)N(c3ccccc3)C2=O)cc1. The predicted molar refractivity (Wildman–Crippen MR) is 137 cm³/mol. The minimum absolute atomic E-state index is 0.00576. The lowest BCUT2D eigenvalue weighted by Gasteiger charge is -2.18. The molecule has 2 heterocycles. The van der Waals surface area contributed by atoms with E-state index in [1.54, 1.807) is 17.0 Å². The summed E-state index contributed by atoms with van der Waals surface area (Å²) in [7, 11) is 0. The van der Waals surface area contributed by atoms with Gasteiger partial charge in [0.25, 0.3) is 12.1 Å². The number of benzene rings is 2. The highest BCUT2D eigenvalue weighted by Crippen LogP contribution is 2.29. The van der Waals surface area contributed by atoms with Gasteiger partial charge in [-0.05, 0) is 59.7 Å². The Morgan fingerprint density at radius 3 is 2.49 bits per heavy atom. The molecular weight excluding hydrogens is 462 g/mol. The van der Waals surface area contributed by atoms with Gasteiger partial charge in [-0.1, -0.05) is 68.1 Å². The number of hydrogen-bond acceptors (Lipinski definition) is 7. The maximum Gasteiger partial charge on any atom is 0.320 e. The monoisotopic (exact) mass is 489 g/mol.